The number of hydrogen-bond donors (Lipinski definition) is 2. The molecule has 2 N–H and O–H groups in total. The van der Waals surface area contributed by atoms with Crippen molar-refractivity contribution in [2.75, 3.05) is 6.54 Å². The predicted octanol–water partition coefficient (Wildman–Crippen LogP) is 2.56. The highest BCUT2D eigenvalue weighted by atomic mass is 79.9. The molecule has 0 saturated carbocycles. The van der Waals surface area contributed by atoms with Crippen molar-refractivity contribution in [1.29, 1.82) is 0 Å². The molecule has 0 spiro atoms. The lowest BCUT2D eigenvalue weighted by atomic mass is 10.1. The van der Waals surface area contributed by atoms with Gasteiger partial charge in [-0.1, -0.05) is 46.3 Å². The molecular formula is C17H16BrFN2O2. The minimum atomic E-state index is -0.369. The molecule has 0 aliphatic rings. The van der Waals surface area contributed by atoms with Gasteiger partial charge in [0, 0.05) is 16.6 Å². The van der Waals surface area contributed by atoms with Crippen molar-refractivity contribution in [2.24, 2.45) is 0 Å². The van der Waals surface area contributed by atoms with Gasteiger partial charge in [0.1, 0.15) is 5.82 Å². The van der Waals surface area contributed by atoms with E-state index in [1.807, 2.05) is 24.3 Å². The van der Waals surface area contributed by atoms with Gasteiger partial charge in [-0.15, -0.1) is 0 Å². The second kappa shape index (κ2) is 8.43. The van der Waals surface area contributed by atoms with E-state index in [0.717, 1.165) is 10.0 Å². The number of hydrogen-bond acceptors (Lipinski definition) is 2. The van der Waals surface area contributed by atoms with E-state index in [1.165, 1.54) is 6.07 Å². The summed E-state index contributed by atoms with van der Waals surface area (Å²) in [5.41, 5.74) is 1.25. The van der Waals surface area contributed by atoms with Crippen LogP contribution in [-0.4, -0.2) is 18.4 Å². The zero-order valence-corrected chi connectivity index (χ0v) is 13.9. The van der Waals surface area contributed by atoms with Crippen molar-refractivity contribution < 1.29 is 14.0 Å². The van der Waals surface area contributed by atoms with E-state index in [9.17, 15) is 14.0 Å². The lowest BCUT2D eigenvalue weighted by Crippen LogP contribution is -2.37. The SMILES string of the molecule is O=C(CNC(=O)Cc1cccc(Br)c1)NCc1ccccc1F. The highest BCUT2D eigenvalue weighted by Crippen LogP contribution is 2.11. The minimum absolute atomic E-state index is 0.0903. The zero-order valence-electron chi connectivity index (χ0n) is 12.3. The summed E-state index contributed by atoms with van der Waals surface area (Å²) < 4.78 is 14.3. The zero-order chi connectivity index (χ0) is 16.7. The van der Waals surface area contributed by atoms with Crippen LogP contribution >= 0.6 is 15.9 Å². The molecule has 0 fully saturated rings. The Morgan fingerprint density at radius 2 is 1.78 bits per heavy atom. The van der Waals surface area contributed by atoms with Gasteiger partial charge in [-0.3, -0.25) is 9.59 Å². The Morgan fingerprint density at radius 1 is 1.00 bits per heavy atom. The van der Waals surface area contributed by atoms with Gasteiger partial charge in [0.15, 0.2) is 0 Å². The van der Waals surface area contributed by atoms with Crippen LogP contribution in [0, 0.1) is 5.82 Å². The van der Waals surface area contributed by atoms with E-state index in [2.05, 4.69) is 26.6 Å². The summed E-state index contributed by atoms with van der Waals surface area (Å²) >= 11 is 3.34. The second-order valence-electron chi connectivity index (χ2n) is 4.95. The Hall–Kier alpha value is -2.21. The average molecular weight is 379 g/mol. The minimum Gasteiger partial charge on any atom is -0.350 e. The molecule has 2 aromatic rings. The van der Waals surface area contributed by atoms with Crippen LogP contribution in [0.1, 0.15) is 11.1 Å². The molecule has 2 aromatic carbocycles. The molecule has 0 atom stereocenters. The Morgan fingerprint density at radius 3 is 2.52 bits per heavy atom. The summed E-state index contributed by atoms with van der Waals surface area (Å²) in [6.07, 6.45) is 0.194. The van der Waals surface area contributed by atoms with Crippen molar-refractivity contribution in [2.45, 2.75) is 13.0 Å². The van der Waals surface area contributed by atoms with Crippen LogP contribution in [0.25, 0.3) is 0 Å². The van der Waals surface area contributed by atoms with Gasteiger partial charge in [0.05, 0.1) is 13.0 Å². The second-order valence-corrected chi connectivity index (χ2v) is 5.87. The van der Waals surface area contributed by atoms with E-state index in [1.54, 1.807) is 18.2 Å². The van der Waals surface area contributed by atoms with Crippen LogP contribution in [-0.2, 0) is 22.6 Å². The van der Waals surface area contributed by atoms with Crippen molar-refractivity contribution in [3.63, 3.8) is 0 Å². The summed E-state index contributed by atoms with van der Waals surface area (Å²) in [7, 11) is 0. The summed E-state index contributed by atoms with van der Waals surface area (Å²) in [6, 6.07) is 13.6. The number of rotatable bonds is 6. The molecule has 0 radical (unpaired) electrons. The quantitative estimate of drug-likeness (QED) is 0.811. The molecule has 0 aliphatic heterocycles. The van der Waals surface area contributed by atoms with Gasteiger partial charge in [-0.05, 0) is 23.8 Å². The van der Waals surface area contributed by atoms with Gasteiger partial charge >= 0.3 is 0 Å². The molecule has 120 valence electrons. The normalized spacial score (nSPS) is 10.2. The van der Waals surface area contributed by atoms with Crippen LogP contribution in [0.4, 0.5) is 4.39 Å². The summed E-state index contributed by atoms with van der Waals surface area (Å²) in [4.78, 5) is 23.5. The molecular weight excluding hydrogens is 363 g/mol. The van der Waals surface area contributed by atoms with Crippen LogP contribution in [0.15, 0.2) is 53.0 Å². The largest absolute Gasteiger partial charge is 0.350 e. The maximum Gasteiger partial charge on any atom is 0.239 e. The van der Waals surface area contributed by atoms with E-state index in [4.69, 9.17) is 0 Å². The van der Waals surface area contributed by atoms with E-state index in [0.29, 0.717) is 5.56 Å². The number of carbonyl (C=O) groups excluding carboxylic acids is 2. The smallest absolute Gasteiger partial charge is 0.239 e. The first-order valence-corrected chi connectivity index (χ1v) is 7.85. The first-order valence-electron chi connectivity index (χ1n) is 7.06. The summed E-state index contributed by atoms with van der Waals surface area (Å²) in [5, 5.41) is 5.11. The molecule has 0 unspecified atom stereocenters. The molecule has 0 saturated heterocycles. The van der Waals surface area contributed by atoms with Gasteiger partial charge in [-0.2, -0.15) is 0 Å². The van der Waals surface area contributed by atoms with Crippen LogP contribution in [0.5, 0.6) is 0 Å². The van der Waals surface area contributed by atoms with Crippen LogP contribution in [0.2, 0.25) is 0 Å². The van der Waals surface area contributed by atoms with Gasteiger partial charge in [0.2, 0.25) is 11.8 Å². The number of benzene rings is 2. The summed E-state index contributed by atoms with van der Waals surface area (Å²) in [6.45, 7) is -0.0473. The Balaban J connectivity index is 1.74. The lowest BCUT2D eigenvalue weighted by Gasteiger charge is -2.08. The number of halogens is 2. The third-order valence-corrected chi connectivity index (χ3v) is 3.63. The predicted molar refractivity (Wildman–Crippen MR) is 89.1 cm³/mol. The third-order valence-electron chi connectivity index (χ3n) is 3.13. The highest BCUT2D eigenvalue weighted by molar-refractivity contribution is 9.10. The Bertz CT molecular complexity index is 706. The Labute approximate surface area is 142 Å². The Kier molecular flexibility index (Phi) is 6.29. The fourth-order valence-electron chi connectivity index (χ4n) is 1.97. The van der Waals surface area contributed by atoms with Crippen molar-refractivity contribution in [3.8, 4) is 0 Å². The topological polar surface area (TPSA) is 58.2 Å². The molecule has 4 nitrogen and oxygen atoms in total. The lowest BCUT2D eigenvalue weighted by molar-refractivity contribution is -0.125. The molecule has 0 heterocycles. The molecule has 0 aromatic heterocycles. The highest BCUT2D eigenvalue weighted by Gasteiger charge is 2.08. The maximum absolute atomic E-state index is 13.4. The molecule has 6 heteroatoms. The standard InChI is InChI=1S/C17H16BrFN2O2/c18-14-6-3-4-12(8-14)9-16(22)21-11-17(23)20-10-13-5-1-2-7-15(13)19/h1-8H,9-11H2,(H,20,23)(H,21,22). The number of nitrogens with one attached hydrogen (secondary N) is 2. The van der Waals surface area contributed by atoms with E-state index >= 15 is 0 Å². The third kappa shape index (κ3) is 5.83. The van der Waals surface area contributed by atoms with Gasteiger partial charge < -0.3 is 10.6 Å². The number of carbonyl (C=O) groups is 2. The molecule has 0 aliphatic carbocycles. The first kappa shape index (κ1) is 17.1. The fourth-order valence-corrected chi connectivity index (χ4v) is 2.42. The molecule has 2 rings (SSSR count). The first-order chi connectivity index (χ1) is 11.0. The van der Waals surface area contributed by atoms with Crippen LogP contribution in [0.3, 0.4) is 0 Å². The average Bonchev–Trinajstić information content (AvgIpc) is 2.52. The monoisotopic (exact) mass is 378 g/mol. The van der Waals surface area contributed by atoms with Gasteiger partial charge in [-0.25, -0.2) is 4.39 Å². The molecule has 2 amide bonds. The number of amides is 2. The van der Waals surface area contributed by atoms with Crippen molar-refractivity contribution in [1.82, 2.24) is 10.6 Å². The maximum atomic E-state index is 13.4. The molecule has 23 heavy (non-hydrogen) atoms. The van der Waals surface area contributed by atoms with E-state index < -0.39 is 0 Å². The van der Waals surface area contributed by atoms with Crippen molar-refractivity contribution in [3.05, 3.63) is 69.9 Å². The van der Waals surface area contributed by atoms with E-state index in [-0.39, 0.29) is 37.1 Å². The fraction of sp³-hybridized carbons (Fsp3) is 0.176. The summed E-state index contributed by atoms with van der Waals surface area (Å²) in [5.74, 6) is -0.980. The van der Waals surface area contributed by atoms with Crippen molar-refractivity contribution >= 4 is 27.7 Å². The van der Waals surface area contributed by atoms with Crippen LogP contribution < -0.4 is 10.6 Å². The molecule has 0 bridgehead atoms. The van der Waals surface area contributed by atoms with Gasteiger partial charge in [0.25, 0.3) is 0 Å².